The quantitative estimate of drug-likeness (QED) is 0.403. The van der Waals surface area contributed by atoms with Crippen LogP contribution in [0.5, 0.6) is 0 Å². The van der Waals surface area contributed by atoms with Crippen LogP contribution in [-0.2, 0) is 4.79 Å². The van der Waals surface area contributed by atoms with E-state index in [1.165, 1.54) is 30.3 Å². The summed E-state index contributed by atoms with van der Waals surface area (Å²) < 4.78 is 0. The van der Waals surface area contributed by atoms with E-state index in [9.17, 15) is 20.0 Å². The van der Waals surface area contributed by atoms with Gasteiger partial charge in [-0.3, -0.25) is 14.9 Å². The highest BCUT2D eigenvalue weighted by molar-refractivity contribution is 5.91. The van der Waals surface area contributed by atoms with E-state index in [0.29, 0.717) is 5.56 Å². The van der Waals surface area contributed by atoms with E-state index in [0.717, 1.165) is 5.56 Å². The Kier molecular flexibility index (Phi) is 6.39. The number of nitrogens with zero attached hydrogens (tertiary/aromatic N) is 1. The molecule has 0 aliphatic heterocycles. The van der Waals surface area contributed by atoms with E-state index < -0.39 is 17.1 Å². The Labute approximate surface area is 144 Å². The Hall–Kier alpha value is -3.03. The van der Waals surface area contributed by atoms with Crippen LogP contribution in [0, 0.1) is 10.1 Å². The second-order valence-electron chi connectivity index (χ2n) is 5.45. The van der Waals surface area contributed by atoms with Crippen molar-refractivity contribution in [1.29, 1.82) is 0 Å². The summed E-state index contributed by atoms with van der Waals surface area (Å²) in [7, 11) is 0. The Morgan fingerprint density at radius 1 is 1.20 bits per heavy atom. The van der Waals surface area contributed by atoms with E-state index in [2.05, 4.69) is 5.32 Å². The number of nitro benzene ring substituents is 1. The van der Waals surface area contributed by atoms with Crippen LogP contribution in [0.25, 0.3) is 6.08 Å². The molecule has 0 fully saturated rings. The summed E-state index contributed by atoms with van der Waals surface area (Å²) in [5.74, 6) is -0.324. The van der Waals surface area contributed by atoms with Crippen molar-refractivity contribution in [1.82, 2.24) is 5.32 Å². The maximum atomic E-state index is 11.8. The number of aliphatic hydroxyl groups is 1. The normalized spacial score (nSPS) is 13.4. The number of hydrogen-bond acceptors (Lipinski definition) is 5. The minimum Gasteiger partial charge on any atom is -0.387 e. The molecule has 2 aromatic rings. The van der Waals surface area contributed by atoms with Gasteiger partial charge >= 0.3 is 0 Å². The van der Waals surface area contributed by atoms with Crippen molar-refractivity contribution in [2.24, 2.45) is 5.73 Å². The fourth-order valence-corrected chi connectivity index (χ4v) is 2.17. The van der Waals surface area contributed by atoms with Gasteiger partial charge in [-0.25, -0.2) is 0 Å². The van der Waals surface area contributed by atoms with Gasteiger partial charge < -0.3 is 16.2 Å². The lowest BCUT2D eigenvalue weighted by Gasteiger charge is -2.19. The molecule has 0 spiro atoms. The number of nitrogens with one attached hydrogen (secondary N) is 1. The summed E-state index contributed by atoms with van der Waals surface area (Å²) in [6, 6.07) is 14.1. The molecule has 0 aliphatic carbocycles. The van der Waals surface area contributed by atoms with Gasteiger partial charge in [0.2, 0.25) is 5.91 Å². The zero-order chi connectivity index (χ0) is 18.2. The molecule has 2 rings (SSSR count). The monoisotopic (exact) mass is 341 g/mol. The van der Waals surface area contributed by atoms with Crippen LogP contribution in [0.3, 0.4) is 0 Å². The van der Waals surface area contributed by atoms with Crippen molar-refractivity contribution in [2.45, 2.75) is 12.1 Å². The SMILES string of the molecule is N[C@@H](CNC(=O)/C=C/c1ccccc1)[C@@H](O)c1ccc([N+](=O)[O-])cc1. The first-order valence-electron chi connectivity index (χ1n) is 7.66. The average molecular weight is 341 g/mol. The lowest BCUT2D eigenvalue weighted by atomic mass is 10.0. The van der Waals surface area contributed by atoms with E-state index in [-0.39, 0.29) is 18.1 Å². The third kappa shape index (κ3) is 5.52. The first kappa shape index (κ1) is 18.3. The maximum Gasteiger partial charge on any atom is 0.269 e. The highest BCUT2D eigenvalue weighted by Gasteiger charge is 2.18. The summed E-state index contributed by atoms with van der Waals surface area (Å²) in [6.45, 7) is 0.0656. The number of carbonyl (C=O) groups excluding carboxylic acids is 1. The first-order valence-corrected chi connectivity index (χ1v) is 7.66. The van der Waals surface area contributed by atoms with Crippen LogP contribution in [0.15, 0.2) is 60.7 Å². The summed E-state index contributed by atoms with van der Waals surface area (Å²) in [6.07, 6.45) is 2.02. The molecule has 0 radical (unpaired) electrons. The standard InChI is InChI=1S/C18H19N3O4/c19-16(18(23)14-7-9-15(10-8-14)21(24)25)12-20-17(22)11-6-13-4-2-1-3-5-13/h1-11,16,18,23H,12,19H2,(H,20,22)/b11-6+/t16-,18-/m0/s1. The van der Waals surface area contributed by atoms with Gasteiger partial charge in [0.25, 0.3) is 5.69 Å². The topological polar surface area (TPSA) is 118 Å². The molecule has 25 heavy (non-hydrogen) atoms. The third-order valence-electron chi connectivity index (χ3n) is 3.59. The highest BCUT2D eigenvalue weighted by atomic mass is 16.6. The molecular formula is C18H19N3O4. The Bertz CT molecular complexity index is 745. The lowest BCUT2D eigenvalue weighted by molar-refractivity contribution is -0.384. The molecule has 7 heteroatoms. The molecule has 7 nitrogen and oxygen atoms in total. The van der Waals surface area contributed by atoms with E-state index in [1.54, 1.807) is 6.08 Å². The second kappa shape index (κ2) is 8.72. The van der Waals surface area contributed by atoms with Crippen LogP contribution in [0.2, 0.25) is 0 Å². The third-order valence-corrected chi connectivity index (χ3v) is 3.59. The van der Waals surface area contributed by atoms with Crippen LogP contribution >= 0.6 is 0 Å². The van der Waals surface area contributed by atoms with E-state index in [4.69, 9.17) is 5.73 Å². The van der Waals surface area contributed by atoms with Gasteiger partial charge in [0, 0.05) is 24.8 Å². The Morgan fingerprint density at radius 3 is 2.44 bits per heavy atom. The molecule has 0 aromatic heterocycles. The Morgan fingerprint density at radius 2 is 1.84 bits per heavy atom. The van der Waals surface area contributed by atoms with Crippen molar-refractivity contribution in [3.63, 3.8) is 0 Å². The van der Waals surface area contributed by atoms with Gasteiger partial charge in [-0.15, -0.1) is 0 Å². The molecule has 130 valence electrons. The minimum atomic E-state index is -1.04. The fraction of sp³-hybridized carbons (Fsp3) is 0.167. The van der Waals surface area contributed by atoms with E-state index in [1.807, 2.05) is 30.3 Å². The van der Waals surface area contributed by atoms with Gasteiger partial charge in [0.15, 0.2) is 0 Å². The van der Waals surface area contributed by atoms with Crippen molar-refractivity contribution in [3.8, 4) is 0 Å². The zero-order valence-corrected chi connectivity index (χ0v) is 13.4. The average Bonchev–Trinajstić information content (AvgIpc) is 2.64. The summed E-state index contributed by atoms with van der Waals surface area (Å²) in [5.41, 5.74) is 7.16. The number of non-ortho nitro benzene ring substituents is 1. The van der Waals surface area contributed by atoms with Gasteiger partial charge in [-0.2, -0.15) is 0 Å². The van der Waals surface area contributed by atoms with Crippen LogP contribution in [-0.4, -0.2) is 28.5 Å². The molecule has 0 bridgehead atoms. The zero-order valence-electron chi connectivity index (χ0n) is 13.4. The van der Waals surface area contributed by atoms with Crippen LogP contribution < -0.4 is 11.1 Å². The highest BCUT2D eigenvalue weighted by Crippen LogP contribution is 2.19. The molecule has 4 N–H and O–H groups in total. The first-order chi connectivity index (χ1) is 12.0. The van der Waals surface area contributed by atoms with Crippen molar-refractivity contribution in [3.05, 3.63) is 81.9 Å². The summed E-state index contributed by atoms with van der Waals surface area (Å²) >= 11 is 0. The number of hydrogen-bond donors (Lipinski definition) is 3. The largest absolute Gasteiger partial charge is 0.387 e. The molecule has 0 unspecified atom stereocenters. The van der Waals surface area contributed by atoms with Gasteiger partial charge in [0.05, 0.1) is 17.1 Å². The van der Waals surface area contributed by atoms with Gasteiger partial charge in [-0.05, 0) is 29.3 Å². The molecule has 0 heterocycles. The predicted octanol–water partition coefficient (Wildman–Crippen LogP) is 1.79. The number of aliphatic hydroxyl groups excluding tert-OH is 1. The number of benzene rings is 2. The number of nitro groups is 1. The van der Waals surface area contributed by atoms with Crippen molar-refractivity contribution in [2.75, 3.05) is 6.54 Å². The summed E-state index contributed by atoms with van der Waals surface area (Å²) in [5, 5.41) is 23.4. The number of amides is 1. The fourth-order valence-electron chi connectivity index (χ4n) is 2.17. The van der Waals surface area contributed by atoms with Crippen LogP contribution in [0.1, 0.15) is 17.2 Å². The molecular weight excluding hydrogens is 322 g/mol. The molecule has 1 amide bonds. The second-order valence-corrected chi connectivity index (χ2v) is 5.45. The molecule has 2 aromatic carbocycles. The molecule has 2 atom stereocenters. The van der Waals surface area contributed by atoms with Crippen molar-refractivity contribution >= 4 is 17.7 Å². The van der Waals surface area contributed by atoms with Crippen LogP contribution in [0.4, 0.5) is 5.69 Å². The summed E-state index contributed by atoms with van der Waals surface area (Å²) in [4.78, 5) is 21.9. The molecule has 0 aliphatic rings. The van der Waals surface area contributed by atoms with Crippen molar-refractivity contribution < 1.29 is 14.8 Å². The molecule has 0 saturated heterocycles. The predicted molar refractivity (Wildman–Crippen MR) is 94.5 cm³/mol. The maximum absolute atomic E-state index is 11.8. The number of nitrogens with two attached hydrogens (primary N) is 1. The number of rotatable bonds is 7. The Balaban J connectivity index is 1.86. The van der Waals surface area contributed by atoms with Gasteiger partial charge in [0.1, 0.15) is 0 Å². The van der Waals surface area contributed by atoms with Gasteiger partial charge in [-0.1, -0.05) is 30.3 Å². The number of carbonyl (C=O) groups is 1. The smallest absolute Gasteiger partial charge is 0.269 e. The van der Waals surface area contributed by atoms with E-state index >= 15 is 0 Å². The minimum absolute atomic E-state index is 0.0656. The lowest BCUT2D eigenvalue weighted by Crippen LogP contribution is -2.40. The molecule has 0 saturated carbocycles.